The highest BCUT2D eigenvalue weighted by molar-refractivity contribution is 6.04. The molecule has 1 aliphatic rings. The summed E-state index contributed by atoms with van der Waals surface area (Å²) in [6, 6.07) is 12.5. The molecule has 130 valence electrons. The fourth-order valence-electron chi connectivity index (χ4n) is 2.78. The van der Waals surface area contributed by atoms with Gasteiger partial charge in [-0.25, -0.2) is 4.79 Å². The van der Waals surface area contributed by atoms with Crippen molar-refractivity contribution in [1.29, 1.82) is 0 Å². The number of rotatable bonds is 3. The maximum atomic E-state index is 12.5. The number of hydrogen-bond donors (Lipinski definition) is 2. The first kappa shape index (κ1) is 15.8. The fourth-order valence-corrected chi connectivity index (χ4v) is 2.78. The minimum atomic E-state index is -0.201. The van der Waals surface area contributed by atoms with Crippen molar-refractivity contribution in [3.05, 3.63) is 66.2 Å². The lowest BCUT2D eigenvalue weighted by molar-refractivity contribution is 0.102. The number of anilines is 2. The molecule has 0 aliphatic carbocycles. The Morgan fingerprint density at radius 2 is 1.85 bits per heavy atom. The van der Waals surface area contributed by atoms with Crippen LogP contribution >= 0.6 is 0 Å². The number of aromatic nitrogens is 3. The maximum Gasteiger partial charge on any atom is 0.321 e. The van der Waals surface area contributed by atoms with Crippen LogP contribution in [-0.4, -0.2) is 38.7 Å². The molecule has 0 fully saturated rings. The Morgan fingerprint density at radius 3 is 2.58 bits per heavy atom. The van der Waals surface area contributed by atoms with Gasteiger partial charge in [0.2, 0.25) is 0 Å². The molecule has 0 spiro atoms. The Balaban J connectivity index is 1.50. The fraction of sp³-hybridized carbons (Fsp3) is 0.111. The molecule has 4 rings (SSSR count). The van der Waals surface area contributed by atoms with Crippen molar-refractivity contribution in [2.24, 2.45) is 0 Å². The molecule has 0 bridgehead atoms. The van der Waals surface area contributed by atoms with Gasteiger partial charge in [-0.15, -0.1) is 10.2 Å². The van der Waals surface area contributed by atoms with Crippen molar-refractivity contribution in [3.63, 3.8) is 0 Å². The first-order valence-corrected chi connectivity index (χ1v) is 8.01. The van der Waals surface area contributed by atoms with E-state index in [2.05, 4.69) is 20.8 Å². The summed E-state index contributed by atoms with van der Waals surface area (Å²) in [6.45, 7) is 0.499. The van der Waals surface area contributed by atoms with Gasteiger partial charge in [0.1, 0.15) is 12.7 Å². The van der Waals surface area contributed by atoms with Crippen LogP contribution in [0, 0.1) is 0 Å². The van der Waals surface area contributed by atoms with Gasteiger partial charge in [0, 0.05) is 36.2 Å². The van der Waals surface area contributed by atoms with Crippen molar-refractivity contribution >= 4 is 23.3 Å². The molecule has 2 N–H and O–H groups in total. The van der Waals surface area contributed by atoms with Gasteiger partial charge in [-0.2, -0.15) is 0 Å². The predicted molar refractivity (Wildman–Crippen MR) is 96.2 cm³/mol. The molecule has 3 amide bonds. The molecule has 26 heavy (non-hydrogen) atoms. The first-order chi connectivity index (χ1) is 12.6. The molecule has 2 aromatic carbocycles. The van der Waals surface area contributed by atoms with E-state index < -0.39 is 0 Å². The van der Waals surface area contributed by atoms with Crippen LogP contribution in [0.5, 0.6) is 0 Å². The number of urea groups is 1. The monoisotopic (exact) mass is 348 g/mol. The Labute approximate surface area is 149 Å². The van der Waals surface area contributed by atoms with Gasteiger partial charge in [0.25, 0.3) is 5.91 Å². The molecule has 1 aliphatic heterocycles. The summed E-state index contributed by atoms with van der Waals surface area (Å²) in [5.41, 5.74) is 3.82. The van der Waals surface area contributed by atoms with Gasteiger partial charge < -0.3 is 15.5 Å². The first-order valence-electron chi connectivity index (χ1n) is 8.01. The van der Waals surface area contributed by atoms with Crippen molar-refractivity contribution in [2.75, 3.05) is 17.7 Å². The molecule has 8 nitrogen and oxygen atoms in total. The van der Waals surface area contributed by atoms with E-state index in [4.69, 9.17) is 0 Å². The van der Waals surface area contributed by atoms with Gasteiger partial charge in [0.05, 0.1) is 0 Å². The molecule has 2 heterocycles. The van der Waals surface area contributed by atoms with Crippen LogP contribution in [-0.2, 0) is 6.54 Å². The number of carbonyl (C=O) groups is 2. The molecule has 1 aromatic heterocycles. The van der Waals surface area contributed by atoms with E-state index in [9.17, 15) is 9.59 Å². The number of nitrogens with one attached hydrogen (secondary N) is 2. The zero-order chi connectivity index (χ0) is 18.1. The van der Waals surface area contributed by atoms with E-state index in [1.807, 2.05) is 18.2 Å². The summed E-state index contributed by atoms with van der Waals surface area (Å²) < 4.78 is 1.76. The Morgan fingerprint density at radius 1 is 1.12 bits per heavy atom. The minimum absolute atomic E-state index is 0.137. The Kier molecular flexibility index (Phi) is 3.85. The Bertz CT molecular complexity index is 966. The van der Waals surface area contributed by atoms with E-state index in [1.165, 1.54) is 0 Å². The normalized spacial score (nSPS) is 13.1. The summed E-state index contributed by atoms with van der Waals surface area (Å²) in [4.78, 5) is 25.7. The van der Waals surface area contributed by atoms with Crippen LogP contribution in [0.3, 0.4) is 0 Å². The van der Waals surface area contributed by atoms with Crippen molar-refractivity contribution in [3.8, 4) is 5.69 Å². The molecule has 0 atom stereocenters. The summed E-state index contributed by atoms with van der Waals surface area (Å²) in [6.07, 6.45) is 3.19. The summed E-state index contributed by atoms with van der Waals surface area (Å²) in [5.74, 6) is -0.201. The lowest BCUT2D eigenvalue weighted by atomic mass is 10.1. The molecular formula is C18H16N6O2. The number of nitrogens with zero attached hydrogens (tertiary/aromatic N) is 4. The smallest absolute Gasteiger partial charge is 0.321 e. The molecule has 0 saturated heterocycles. The van der Waals surface area contributed by atoms with Gasteiger partial charge >= 0.3 is 6.03 Å². The van der Waals surface area contributed by atoms with Crippen LogP contribution < -0.4 is 10.6 Å². The molecule has 0 saturated carbocycles. The quantitative estimate of drug-likeness (QED) is 0.761. The van der Waals surface area contributed by atoms with Crippen LogP contribution in [0.4, 0.5) is 16.2 Å². The molecule has 0 radical (unpaired) electrons. The van der Waals surface area contributed by atoms with Crippen molar-refractivity contribution < 1.29 is 9.59 Å². The molecule has 3 aromatic rings. The van der Waals surface area contributed by atoms with Crippen LogP contribution in [0.2, 0.25) is 0 Å². The van der Waals surface area contributed by atoms with Crippen LogP contribution in [0.25, 0.3) is 5.69 Å². The zero-order valence-corrected chi connectivity index (χ0v) is 14.0. The lowest BCUT2D eigenvalue weighted by Gasteiger charge is -2.26. The number of hydrogen-bond acceptors (Lipinski definition) is 4. The third kappa shape index (κ3) is 3.00. The highest BCUT2D eigenvalue weighted by atomic mass is 16.2. The second kappa shape index (κ2) is 6.32. The van der Waals surface area contributed by atoms with Gasteiger partial charge in [0.15, 0.2) is 0 Å². The standard InChI is InChI=1S/C18H16N6O2/c1-23-9-13-8-14(4-7-16(13)22-18(23)26)21-17(25)12-2-5-15(6-3-12)24-10-19-20-11-24/h2-8,10-11H,9H2,1H3,(H,21,25)(H,22,26). The van der Waals surface area contributed by atoms with Crippen molar-refractivity contribution in [2.45, 2.75) is 6.54 Å². The molecule has 8 heteroatoms. The predicted octanol–water partition coefficient (Wildman–Crippen LogP) is 2.50. The van der Waals surface area contributed by atoms with Gasteiger partial charge in [-0.1, -0.05) is 0 Å². The third-order valence-corrected chi connectivity index (χ3v) is 4.21. The average Bonchev–Trinajstić information content (AvgIpc) is 3.18. The van der Waals surface area contributed by atoms with E-state index in [0.717, 1.165) is 16.9 Å². The SMILES string of the molecule is CN1Cc2cc(NC(=O)c3ccc(-n4cnnc4)cc3)ccc2NC1=O. The van der Waals surface area contributed by atoms with Crippen LogP contribution in [0.15, 0.2) is 55.1 Å². The maximum absolute atomic E-state index is 12.5. The third-order valence-electron chi connectivity index (χ3n) is 4.21. The zero-order valence-electron chi connectivity index (χ0n) is 14.0. The highest BCUT2D eigenvalue weighted by Gasteiger charge is 2.19. The second-order valence-corrected chi connectivity index (χ2v) is 6.03. The topological polar surface area (TPSA) is 92.2 Å². The van der Waals surface area contributed by atoms with E-state index >= 15 is 0 Å². The highest BCUT2D eigenvalue weighted by Crippen LogP contribution is 2.26. The van der Waals surface area contributed by atoms with Gasteiger partial charge in [-0.3, -0.25) is 9.36 Å². The summed E-state index contributed by atoms with van der Waals surface area (Å²) in [7, 11) is 1.72. The Hall–Kier alpha value is -3.68. The van der Waals surface area contributed by atoms with E-state index in [1.54, 1.807) is 53.4 Å². The van der Waals surface area contributed by atoms with E-state index in [-0.39, 0.29) is 11.9 Å². The minimum Gasteiger partial charge on any atom is -0.323 e. The summed E-state index contributed by atoms with van der Waals surface area (Å²) in [5, 5.41) is 13.2. The number of benzene rings is 2. The lowest BCUT2D eigenvalue weighted by Crippen LogP contribution is -2.35. The number of fused-ring (bicyclic) bond motifs is 1. The number of amides is 3. The van der Waals surface area contributed by atoms with E-state index in [0.29, 0.717) is 17.8 Å². The summed E-state index contributed by atoms with van der Waals surface area (Å²) >= 11 is 0. The molecule has 0 unspecified atom stereocenters. The van der Waals surface area contributed by atoms with Crippen molar-refractivity contribution in [1.82, 2.24) is 19.7 Å². The largest absolute Gasteiger partial charge is 0.323 e. The average molecular weight is 348 g/mol. The second-order valence-electron chi connectivity index (χ2n) is 6.03. The molecular weight excluding hydrogens is 332 g/mol. The van der Waals surface area contributed by atoms with Gasteiger partial charge in [-0.05, 0) is 48.0 Å². The number of carbonyl (C=O) groups excluding carboxylic acids is 2. The van der Waals surface area contributed by atoms with Crippen LogP contribution in [0.1, 0.15) is 15.9 Å².